The summed E-state index contributed by atoms with van der Waals surface area (Å²) in [7, 11) is 0. The van der Waals surface area contributed by atoms with Crippen LogP contribution < -0.4 is 0 Å². The van der Waals surface area contributed by atoms with Crippen LogP contribution in [0.15, 0.2) is 60.8 Å². The molecule has 0 aliphatic carbocycles. The Morgan fingerprint density at radius 3 is 2.77 bits per heavy atom. The van der Waals surface area contributed by atoms with Crippen molar-refractivity contribution >= 4 is 12.0 Å². The average Bonchev–Trinajstić information content (AvgIpc) is 3.03. The normalized spacial score (nSPS) is 18.0. The number of likely N-dealkylation sites (tertiary alicyclic amines) is 1. The molecule has 0 N–H and O–H groups in total. The number of hydrogen-bond donors (Lipinski definition) is 0. The van der Waals surface area contributed by atoms with Gasteiger partial charge in [-0.3, -0.25) is 9.78 Å². The molecule has 1 saturated heterocycles. The van der Waals surface area contributed by atoms with Crippen molar-refractivity contribution in [2.45, 2.75) is 12.8 Å². The zero-order valence-corrected chi connectivity index (χ0v) is 12.6. The quantitative estimate of drug-likeness (QED) is 0.811. The van der Waals surface area contributed by atoms with E-state index in [0.29, 0.717) is 5.92 Å². The number of hydrogen-bond acceptors (Lipinski definition) is 2. The van der Waals surface area contributed by atoms with Crippen LogP contribution in [-0.4, -0.2) is 28.9 Å². The summed E-state index contributed by atoms with van der Waals surface area (Å²) in [6.07, 6.45) is 7.40. The highest BCUT2D eigenvalue weighted by molar-refractivity contribution is 5.91. The number of carbonyl (C=O) groups is 1. The first-order valence-electron chi connectivity index (χ1n) is 7.73. The van der Waals surface area contributed by atoms with Gasteiger partial charge in [0.1, 0.15) is 0 Å². The topological polar surface area (TPSA) is 33.2 Å². The van der Waals surface area contributed by atoms with E-state index in [0.717, 1.165) is 37.2 Å². The Bertz CT molecular complexity index is 637. The molecular formula is C19H20N2O. The Labute approximate surface area is 131 Å². The van der Waals surface area contributed by atoms with Gasteiger partial charge in [-0.2, -0.15) is 0 Å². The van der Waals surface area contributed by atoms with Crippen molar-refractivity contribution < 1.29 is 4.79 Å². The molecule has 0 bridgehead atoms. The van der Waals surface area contributed by atoms with Gasteiger partial charge in [0.2, 0.25) is 5.91 Å². The minimum absolute atomic E-state index is 0.104. The number of rotatable bonds is 4. The van der Waals surface area contributed by atoms with E-state index in [4.69, 9.17) is 0 Å². The fraction of sp³-hybridized carbons (Fsp3) is 0.263. The number of pyridine rings is 1. The zero-order chi connectivity index (χ0) is 15.2. The molecule has 1 amide bonds. The molecule has 0 spiro atoms. The third kappa shape index (κ3) is 3.82. The van der Waals surface area contributed by atoms with Crippen LogP contribution in [0.2, 0.25) is 0 Å². The Balaban J connectivity index is 1.54. The molecule has 3 heteroatoms. The van der Waals surface area contributed by atoms with Crippen LogP contribution in [0.4, 0.5) is 0 Å². The van der Waals surface area contributed by atoms with Gasteiger partial charge in [0.25, 0.3) is 0 Å². The standard InChI is InChI=1S/C19H20N2O/c22-19(10-9-16-6-2-1-3-7-16)21-13-11-17(15-21)14-18-8-4-5-12-20-18/h1-10,12,17H,11,13-15H2/b10-9+. The van der Waals surface area contributed by atoms with Crippen molar-refractivity contribution in [1.82, 2.24) is 9.88 Å². The number of carbonyl (C=O) groups excluding carboxylic acids is 1. The first-order chi connectivity index (χ1) is 10.8. The lowest BCUT2D eigenvalue weighted by Gasteiger charge is -2.14. The molecule has 2 heterocycles. The lowest BCUT2D eigenvalue weighted by Crippen LogP contribution is -2.27. The molecule has 1 unspecified atom stereocenters. The SMILES string of the molecule is O=C(/C=C/c1ccccc1)N1CCC(Cc2ccccn2)C1. The third-order valence-corrected chi connectivity index (χ3v) is 4.04. The van der Waals surface area contributed by atoms with Gasteiger partial charge in [-0.15, -0.1) is 0 Å². The summed E-state index contributed by atoms with van der Waals surface area (Å²) in [5.41, 5.74) is 2.17. The Kier molecular flexibility index (Phi) is 4.64. The molecule has 0 saturated carbocycles. The second-order valence-corrected chi connectivity index (χ2v) is 5.71. The van der Waals surface area contributed by atoms with Gasteiger partial charge in [0.15, 0.2) is 0 Å². The third-order valence-electron chi connectivity index (χ3n) is 4.04. The van der Waals surface area contributed by atoms with Crippen LogP contribution in [0, 0.1) is 5.92 Å². The van der Waals surface area contributed by atoms with E-state index >= 15 is 0 Å². The average molecular weight is 292 g/mol. The van der Waals surface area contributed by atoms with Crippen LogP contribution in [0.1, 0.15) is 17.7 Å². The fourth-order valence-electron chi connectivity index (χ4n) is 2.85. The zero-order valence-electron chi connectivity index (χ0n) is 12.6. The molecule has 1 aliphatic heterocycles. The van der Waals surface area contributed by atoms with Crippen LogP contribution in [0.5, 0.6) is 0 Å². The Hall–Kier alpha value is -2.42. The first-order valence-corrected chi connectivity index (χ1v) is 7.73. The number of amides is 1. The molecule has 1 fully saturated rings. The van der Waals surface area contributed by atoms with Gasteiger partial charge in [-0.05, 0) is 42.5 Å². The predicted octanol–water partition coefficient (Wildman–Crippen LogP) is 3.19. The summed E-state index contributed by atoms with van der Waals surface area (Å²) in [6, 6.07) is 15.9. The van der Waals surface area contributed by atoms with Crippen molar-refractivity contribution in [1.29, 1.82) is 0 Å². The van der Waals surface area contributed by atoms with E-state index in [-0.39, 0.29) is 5.91 Å². The maximum Gasteiger partial charge on any atom is 0.246 e. The summed E-state index contributed by atoms with van der Waals surface area (Å²) in [5, 5.41) is 0. The second-order valence-electron chi connectivity index (χ2n) is 5.71. The Morgan fingerprint density at radius 2 is 2.00 bits per heavy atom. The van der Waals surface area contributed by atoms with E-state index in [1.54, 1.807) is 6.08 Å². The summed E-state index contributed by atoms with van der Waals surface area (Å²) in [5.74, 6) is 0.622. The lowest BCUT2D eigenvalue weighted by molar-refractivity contribution is -0.125. The highest BCUT2D eigenvalue weighted by Gasteiger charge is 2.25. The van der Waals surface area contributed by atoms with Crippen LogP contribution in [0.25, 0.3) is 6.08 Å². The Morgan fingerprint density at radius 1 is 1.18 bits per heavy atom. The maximum absolute atomic E-state index is 12.2. The lowest BCUT2D eigenvalue weighted by atomic mass is 10.0. The van der Waals surface area contributed by atoms with Crippen molar-refractivity contribution in [2.24, 2.45) is 5.92 Å². The minimum atomic E-state index is 0.104. The maximum atomic E-state index is 12.2. The van der Waals surface area contributed by atoms with Gasteiger partial charge in [0.05, 0.1) is 0 Å². The van der Waals surface area contributed by atoms with E-state index in [2.05, 4.69) is 11.1 Å². The molecule has 22 heavy (non-hydrogen) atoms. The number of aromatic nitrogens is 1. The molecule has 1 aromatic heterocycles. The van der Waals surface area contributed by atoms with E-state index < -0.39 is 0 Å². The van der Waals surface area contributed by atoms with Gasteiger partial charge in [0, 0.05) is 31.1 Å². The summed E-state index contributed by atoms with van der Waals surface area (Å²) < 4.78 is 0. The molecule has 2 aromatic rings. The van der Waals surface area contributed by atoms with Gasteiger partial charge in [-0.1, -0.05) is 36.4 Å². The van der Waals surface area contributed by atoms with Gasteiger partial charge < -0.3 is 4.90 Å². The van der Waals surface area contributed by atoms with Crippen molar-refractivity contribution in [3.8, 4) is 0 Å². The largest absolute Gasteiger partial charge is 0.339 e. The highest BCUT2D eigenvalue weighted by atomic mass is 16.2. The van der Waals surface area contributed by atoms with Crippen molar-refractivity contribution in [2.75, 3.05) is 13.1 Å². The predicted molar refractivity (Wildman–Crippen MR) is 88.1 cm³/mol. The highest BCUT2D eigenvalue weighted by Crippen LogP contribution is 2.20. The molecule has 112 valence electrons. The molecule has 1 aliphatic rings. The summed E-state index contributed by atoms with van der Waals surface area (Å²) >= 11 is 0. The number of benzene rings is 1. The van der Waals surface area contributed by atoms with Crippen LogP contribution in [-0.2, 0) is 11.2 Å². The van der Waals surface area contributed by atoms with Gasteiger partial charge in [-0.25, -0.2) is 0 Å². The van der Waals surface area contributed by atoms with E-state index in [1.807, 2.05) is 59.6 Å². The molecule has 3 nitrogen and oxygen atoms in total. The van der Waals surface area contributed by atoms with E-state index in [9.17, 15) is 4.79 Å². The first kappa shape index (κ1) is 14.5. The smallest absolute Gasteiger partial charge is 0.246 e. The molecule has 1 aromatic carbocycles. The molecule has 3 rings (SSSR count). The van der Waals surface area contributed by atoms with Crippen molar-refractivity contribution in [3.05, 3.63) is 72.1 Å². The summed E-state index contributed by atoms with van der Waals surface area (Å²) in [6.45, 7) is 1.67. The second kappa shape index (κ2) is 7.03. The van der Waals surface area contributed by atoms with Crippen LogP contribution >= 0.6 is 0 Å². The summed E-state index contributed by atoms with van der Waals surface area (Å²) in [4.78, 5) is 18.5. The van der Waals surface area contributed by atoms with Crippen LogP contribution in [0.3, 0.4) is 0 Å². The molecular weight excluding hydrogens is 272 g/mol. The fourth-order valence-corrected chi connectivity index (χ4v) is 2.85. The molecule has 0 radical (unpaired) electrons. The van der Waals surface area contributed by atoms with Gasteiger partial charge >= 0.3 is 0 Å². The van der Waals surface area contributed by atoms with Crippen molar-refractivity contribution in [3.63, 3.8) is 0 Å². The molecule has 1 atom stereocenters. The minimum Gasteiger partial charge on any atom is -0.339 e. The van der Waals surface area contributed by atoms with E-state index in [1.165, 1.54) is 0 Å². The number of nitrogens with zero attached hydrogens (tertiary/aromatic N) is 2. The monoisotopic (exact) mass is 292 g/mol.